The smallest absolute Gasteiger partial charge is 0.257 e. The zero-order chi connectivity index (χ0) is 20.4. The lowest BCUT2D eigenvalue weighted by molar-refractivity contribution is 0.0692. The number of hydrogen-bond acceptors (Lipinski definition) is 5. The van der Waals surface area contributed by atoms with Crippen LogP contribution in [0, 0.1) is 12.7 Å². The molecule has 2 fully saturated rings. The van der Waals surface area contributed by atoms with Crippen LogP contribution in [0.4, 0.5) is 4.39 Å². The van der Waals surface area contributed by atoms with Crippen LogP contribution in [0.3, 0.4) is 0 Å². The number of aryl methyl sites for hydroxylation is 1. The Labute approximate surface area is 175 Å². The van der Waals surface area contributed by atoms with Crippen molar-refractivity contribution in [1.29, 1.82) is 0 Å². The molecule has 7 heteroatoms. The maximum atomic E-state index is 14.7. The summed E-state index contributed by atoms with van der Waals surface area (Å²) in [6.45, 7) is 7.16. The minimum Gasteiger partial charge on any atom is -0.487 e. The number of hydrogen-bond donors (Lipinski definition) is 0. The van der Waals surface area contributed by atoms with Gasteiger partial charge < -0.3 is 9.64 Å². The van der Waals surface area contributed by atoms with Gasteiger partial charge in [0.1, 0.15) is 18.2 Å². The monoisotopic (exact) mass is 417 g/mol. The van der Waals surface area contributed by atoms with E-state index in [1.165, 1.54) is 18.9 Å². The molecule has 1 amide bonds. The summed E-state index contributed by atoms with van der Waals surface area (Å²) in [4.78, 5) is 21.7. The first-order valence-electron chi connectivity index (χ1n) is 10.4. The van der Waals surface area contributed by atoms with E-state index in [0.29, 0.717) is 24.9 Å². The van der Waals surface area contributed by atoms with E-state index < -0.39 is 5.82 Å². The van der Waals surface area contributed by atoms with Crippen LogP contribution >= 0.6 is 11.3 Å². The van der Waals surface area contributed by atoms with Crippen LogP contribution in [-0.2, 0) is 6.61 Å². The normalized spacial score (nSPS) is 22.4. The third-order valence-corrected chi connectivity index (χ3v) is 6.82. The lowest BCUT2D eigenvalue weighted by atomic mass is 10.1. The maximum Gasteiger partial charge on any atom is 0.257 e. The molecule has 4 rings (SSSR count). The van der Waals surface area contributed by atoms with E-state index >= 15 is 0 Å². The van der Waals surface area contributed by atoms with Crippen LogP contribution in [0.5, 0.6) is 5.75 Å². The molecule has 29 heavy (non-hydrogen) atoms. The molecule has 156 valence electrons. The van der Waals surface area contributed by atoms with E-state index in [0.717, 1.165) is 36.6 Å². The summed E-state index contributed by atoms with van der Waals surface area (Å²) in [5.74, 6) is -0.325. The number of halogens is 1. The molecule has 0 N–H and O–H groups in total. The van der Waals surface area contributed by atoms with Gasteiger partial charge in [-0.05, 0) is 58.2 Å². The minimum absolute atomic E-state index is 0.128. The van der Waals surface area contributed by atoms with E-state index in [4.69, 9.17) is 4.74 Å². The first kappa shape index (κ1) is 20.3. The number of likely N-dealkylation sites (tertiary alicyclic amines) is 2. The van der Waals surface area contributed by atoms with Gasteiger partial charge in [0.15, 0.2) is 0 Å². The zero-order valence-corrected chi connectivity index (χ0v) is 17.9. The summed E-state index contributed by atoms with van der Waals surface area (Å²) >= 11 is 1.56. The first-order chi connectivity index (χ1) is 14.0. The van der Waals surface area contributed by atoms with Gasteiger partial charge >= 0.3 is 0 Å². The van der Waals surface area contributed by atoms with Crippen molar-refractivity contribution in [2.24, 2.45) is 0 Å². The van der Waals surface area contributed by atoms with Crippen molar-refractivity contribution in [3.05, 3.63) is 45.7 Å². The first-order valence-corrected chi connectivity index (χ1v) is 11.3. The van der Waals surface area contributed by atoms with Crippen molar-refractivity contribution in [1.82, 2.24) is 14.8 Å². The highest BCUT2D eigenvalue weighted by molar-refractivity contribution is 7.09. The van der Waals surface area contributed by atoms with E-state index in [-0.39, 0.29) is 17.5 Å². The third kappa shape index (κ3) is 4.61. The molecule has 0 saturated carbocycles. The van der Waals surface area contributed by atoms with Crippen LogP contribution < -0.4 is 4.74 Å². The quantitative estimate of drug-likeness (QED) is 0.705. The van der Waals surface area contributed by atoms with Gasteiger partial charge in [-0.3, -0.25) is 9.69 Å². The molecule has 2 aliphatic heterocycles. The molecule has 0 aliphatic carbocycles. The largest absolute Gasteiger partial charge is 0.487 e. The Hall–Kier alpha value is -1.99. The Morgan fingerprint density at radius 1 is 1.31 bits per heavy atom. The molecule has 2 atom stereocenters. The minimum atomic E-state index is -0.526. The Kier molecular flexibility index (Phi) is 6.15. The molecule has 2 unspecified atom stereocenters. The summed E-state index contributed by atoms with van der Waals surface area (Å²) in [7, 11) is 0. The number of aromatic nitrogens is 1. The van der Waals surface area contributed by atoms with Crippen LogP contribution in [0.25, 0.3) is 0 Å². The van der Waals surface area contributed by atoms with Gasteiger partial charge in [0.25, 0.3) is 5.91 Å². The number of nitrogens with zero attached hydrogens (tertiary/aromatic N) is 3. The Bertz CT molecular complexity index is 871. The predicted octanol–water partition coefficient (Wildman–Crippen LogP) is 4.26. The highest BCUT2D eigenvalue weighted by Crippen LogP contribution is 2.26. The van der Waals surface area contributed by atoms with Gasteiger partial charge in [-0.2, -0.15) is 0 Å². The van der Waals surface area contributed by atoms with Crippen molar-refractivity contribution < 1.29 is 13.9 Å². The summed E-state index contributed by atoms with van der Waals surface area (Å²) in [5, 5.41) is 2.90. The molecule has 5 nitrogen and oxygen atoms in total. The number of benzene rings is 1. The van der Waals surface area contributed by atoms with Crippen LogP contribution in [0.15, 0.2) is 23.6 Å². The Balaban J connectivity index is 1.40. The van der Waals surface area contributed by atoms with Crippen molar-refractivity contribution >= 4 is 17.2 Å². The third-order valence-electron chi connectivity index (χ3n) is 6.00. The van der Waals surface area contributed by atoms with E-state index in [2.05, 4.69) is 16.8 Å². The second-order valence-corrected chi connectivity index (χ2v) is 9.13. The van der Waals surface area contributed by atoms with Gasteiger partial charge in [0.2, 0.25) is 0 Å². The highest BCUT2D eigenvalue weighted by atomic mass is 32.1. The average molecular weight is 418 g/mol. The number of ether oxygens (including phenoxy) is 1. The molecule has 0 bridgehead atoms. The summed E-state index contributed by atoms with van der Waals surface area (Å²) in [6, 6.07) is 5.27. The second-order valence-electron chi connectivity index (χ2n) is 8.07. The molecular formula is C22H28FN3O2S. The molecule has 3 heterocycles. The van der Waals surface area contributed by atoms with E-state index in [1.54, 1.807) is 23.5 Å². The number of rotatable bonds is 6. The predicted molar refractivity (Wildman–Crippen MR) is 112 cm³/mol. The fraction of sp³-hybridized carbons (Fsp3) is 0.545. The number of thiazole rings is 1. The van der Waals surface area contributed by atoms with Crippen LogP contribution in [0.2, 0.25) is 0 Å². The van der Waals surface area contributed by atoms with Gasteiger partial charge in [-0.15, -0.1) is 11.3 Å². The lowest BCUT2D eigenvalue weighted by Crippen LogP contribution is -2.44. The highest BCUT2D eigenvalue weighted by Gasteiger charge is 2.33. The van der Waals surface area contributed by atoms with Crippen LogP contribution in [0.1, 0.15) is 53.7 Å². The molecule has 2 aliphatic rings. The van der Waals surface area contributed by atoms with Crippen molar-refractivity contribution in [3.63, 3.8) is 0 Å². The second kappa shape index (κ2) is 8.79. The van der Waals surface area contributed by atoms with Crippen molar-refractivity contribution in [2.45, 2.75) is 58.2 Å². The zero-order valence-electron chi connectivity index (χ0n) is 17.1. The van der Waals surface area contributed by atoms with Gasteiger partial charge in [0, 0.05) is 36.6 Å². The number of carbonyl (C=O) groups excluding carboxylic acids is 1. The van der Waals surface area contributed by atoms with Gasteiger partial charge in [0.05, 0.1) is 16.3 Å². The molecule has 2 saturated heterocycles. The van der Waals surface area contributed by atoms with Gasteiger partial charge in [-0.25, -0.2) is 9.37 Å². The van der Waals surface area contributed by atoms with Gasteiger partial charge in [-0.1, -0.05) is 0 Å². The number of carbonyl (C=O) groups is 1. The fourth-order valence-corrected chi connectivity index (χ4v) is 4.97. The molecule has 1 aromatic carbocycles. The summed E-state index contributed by atoms with van der Waals surface area (Å²) < 4.78 is 20.4. The molecular weight excluding hydrogens is 389 g/mol. The molecule has 0 radical (unpaired) electrons. The Morgan fingerprint density at radius 3 is 2.83 bits per heavy atom. The fourth-order valence-electron chi connectivity index (χ4n) is 4.37. The topological polar surface area (TPSA) is 45.7 Å². The SMILES string of the molecule is Cc1nc(COc2ccc(C(=O)N3CCCC3CN3CCCC3C)c(F)c2)cs1. The molecule has 0 spiro atoms. The average Bonchev–Trinajstić information content (AvgIpc) is 3.43. The van der Waals surface area contributed by atoms with Crippen LogP contribution in [-0.4, -0.2) is 52.4 Å². The Morgan fingerprint density at radius 2 is 2.14 bits per heavy atom. The van der Waals surface area contributed by atoms with E-state index in [9.17, 15) is 9.18 Å². The molecule has 1 aromatic heterocycles. The van der Waals surface area contributed by atoms with Crippen molar-refractivity contribution in [3.8, 4) is 5.75 Å². The lowest BCUT2D eigenvalue weighted by Gasteiger charge is -2.31. The molecule has 2 aromatic rings. The number of amides is 1. The standard InChI is InChI=1S/C22H28FN3O2S/c1-15-5-3-9-25(15)12-18-6-4-10-26(18)22(27)20-8-7-19(11-21(20)23)28-13-17-14-29-16(2)24-17/h7-8,11,14-15,18H,3-6,9-10,12-13H2,1-2H3. The van der Waals surface area contributed by atoms with E-state index in [1.807, 2.05) is 17.2 Å². The summed E-state index contributed by atoms with van der Waals surface area (Å²) in [6.07, 6.45) is 4.41. The maximum absolute atomic E-state index is 14.7. The summed E-state index contributed by atoms with van der Waals surface area (Å²) in [5.41, 5.74) is 0.951. The van der Waals surface area contributed by atoms with Crippen molar-refractivity contribution in [2.75, 3.05) is 19.6 Å².